The van der Waals surface area contributed by atoms with Crippen molar-refractivity contribution in [3.05, 3.63) is 96.2 Å². The zero-order valence-corrected chi connectivity index (χ0v) is 16.4. The Bertz CT molecular complexity index is 1210. The summed E-state index contributed by atoms with van der Waals surface area (Å²) in [5.74, 6) is 0.551. The number of hydrogen-bond acceptors (Lipinski definition) is 4. The summed E-state index contributed by atoms with van der Waals surface area (Å²) < 4.78 is 5.52. The van der Waals surface area contributed by atoms with Gasteiger partial charge in [-0.25, -0.2) is 4.79 Å². The fourth-order valence-electron chi connectivity index (χ4n) is 3.88. The summed E-state index contributed by atoms with van der Waals surface area (Å²) >= 11 is 0. The van der Waals surface area contributed by atoms with Crippen molar-refractivity contribution in [2.75, 3.05) is 16.8 Å². The van der Waals surface area contributed by atoms with Gasteiger partial charge >= 0.3 is 6.09 Å². The number of fused-ring (bicyclic) bond motifs is 2. The van der Waals surface area contributed by atoms with Crippen LogP contribution in [0.1, 0.15) is 11.1 Å². The van der Waals surface area contributed by atoms with Gasteiger partial charge < -0.3 is 9.64 Å². The summed E-state index contributed by atoms with van der Waals surface area (Å²) in [7, 11) is 0. The molecular formula is C25H21N3O2. The minimum Gasteiger partial charge on any atom is -0.410 e. The molecule has 2 heterocycles. The molecule has 0 radical (unpaired) electrons. The van der Waals surface area contributed by atoms with Gasteiger partial charge in [0.15, 0.2) is 0 Å². The average molecular weight is 395 g/mol. The quantitative estimate of drug-likeness (QED) is 0.502. The molecule has 0 aliphatic carbocycles. The first-order chi connectivity index (χ1) is 14.7. The molecule has 0 saturated heterocycles. The maximum absolute atomic E-state index is 12.4. The monoisotopic (exact) mass is 395 g/mol. The molecule has 0 unspecified atom stereocenters. The van der Waals surface area contributed by atoms with Crippen molar-refractivity contribution in [1.29, 1.82) is 0 Å². The van der Waals surface area contributed by atoms with Gasteiger partial charge in [-0.15, -0.1) is 0 Å². The number of carbonyl (C=O) groups excluding carboxylic acids is 1. The lowest BCUT2D eigenvalue weighted by Gasteiger charge is -2.19. The van der Waals surface area contributed by atoms with Gasteiger partial charge in [-0.05, 0) is 60.0 Å². The van der Waals surface area contributed by atoms with Gasteiger partial charge in [-0.1, -0.05) is 36.4 Å². The fourth-order valence-corrected chi connectivity index (χ4v) is 3.88. The lowest BCUT2D eigenvalue weighted by Crippen LogP contribution is -2.19. The summed E-state index contributed by atoms with van der Waals surface area (Å²) in [4.78, 5) is 19.0. The molecular weight excluding hydrogens is 374 g/mol. The van der Waals surface area contributed by atoms with Gasteiger partial charge in [0.2, 0.25) is 0 Å². The van der Waals surface area contributed by atoms with Crippen LogP contribution in [0.15, 0.2) is 85.1 Å². The molecule has 0 spiro atoms. The highest BCUT2D eigenvalue weighted by Gasteiger charge is 2.20. The first-order valence-corrected chi connectivity index (χ1v) is 10.00. The molecule has 30 heavy (non-hydrogen) atoms. The van der Waals surface area contributed by atoms with Crippen molar-refractivity contribution in [2.45, 2.75) is 13.0 Å². The molecule has 5 heteroatoms. The number of rotatable bonds is 4. The molecule has 0 bridgehead atoms. The van der Waals surface area contributed by atoms with Crippen LogP contribution in [0.4, 0.5) is 16.2 Å². The lowest BCUT2D eigenvalue weighted by atomic mass is 10.1. The predicted octanol–water partition coefficient (Wildman–Crippen LogP) is 5.41. The Kier molecular flexibility index (Phi) is 4.77. The van der Waals surface area contributed by atoms with E-state index < -0.39 is 6.09 Å². The Balaban J connectivity index is 1.26. The summed E-state index contributed by atoms with van der Waals surface area (Å²) in [6, 6.07) is 25.7. The lowest BCUT2D eigenvalue weighted by molar-refractivity contribution is 0.215. The molecule has 1 N–H and O–H groups in total. The molecule has 148 valence electrons. The number of nitrogens with one attached hydrogen (secondary N) is 1. The third-order valence-corrected chi connectivity index (χ3v) is 5.32. The normalized spacial score (nSPS) is 12.6. The SMILES string of the molecule is O=C(Nc1ccc2ncccc2c1)Oc1ccc2c(c1)CCN2Cc1ccccc1. The second kappa shape index (κ2) is 7.87. The molecule has 0 fully saturated rings. The van der Waals surface area contributed by atoms with Crippen LogP contribution in [0.5, 0.6) is 5.75 Å². The van der Waals surface area contributed by atoms with E-state index in [4.69, 9.17) is 4.74 Å². The third-order valence-electron chi connectivity index (χ3n) is 5.32. The van der Waals surface area contributed by atoms with Crippen LogP contribution in [0, 0.1) is 0 Å². The number of amides is 1. The average Bonchev–Trinajstić information content (AvgIpc) is 3.16. The molecule has 3 aromatic carbocycles. The fraction of sp³-hybridized carbons (Fsp3) is 0.120. The maximum atomic E-state index is 12.4. The molecule has 0 atom stereocenters. The zero-order chi connectivity index (χ0) is 20.3. The maximum Gasteiger partial charge on any atom is 0.417 e. The van der Waals surface area contributed by atoms with Crippen molar-refractivity contribution in [3.63, 3.8) is 0 Å². The first-order valence-electron chi connectivity index (χ1n) is 10.00. The Labute approximate surface area is 174 Å². The van der Waals surface area contributed by atoms with E-state index in [0.29, 0.717) is 11.4 Å². The zero-order valence-electron chi connectivity index (χ0n) is 16.4. The van der Waals surface area contributed by atoms with E-state index in [9.17, 15) is 4.79 Å². The third kappa shape index (κ3) is 3.82. The summed E-state index contributed by atoms with van der Waals surface area (Å²) in [6.07, 6.45) is 2.19. The number of aromatic nitrogens is 1. The largest absolute Gasteiger partial charge is 0.417 e. The van der Waals surface area contributed by atoms with Crippen LogP contribution in [-0.2, 0) is 13.0 Å². The van der Waals surface area contributed by atoms with Crippen molar-refractivity contribution in [3.8, 4) is 5.75 Å². The van der Waals surface area contributed by atoms with Gasteiger partial charge in [0.25, 0.3) is 0 Å². The van der Waals surface area contributed by atoms with E-state index in [0.717, 1.165) is 30.4 Å². The Hall–Kier alpha value is -3.86. The summed E-state index contributed by atoms with van der Waals surface area (Å²) in [5, 5.41) is 3.76. The van der Waals surface area contributed by atoms with Crippen LogP contribution in [0.3, 0.4) is 0 Å². The number of ether oxygens (including phenoxy) is 1. The Morgan fingerprint density at radius 3 is 2.80 bits per heavy atom. The Morgan fingerprint density at radius 2 is 1.90 bits per heavy atom. The van der Waals surface area contributed by atoms with Crippen molar-refractivity contribution >= 4 is 28.4 Å². The number of pyridine rings is 1. The predicted molar refractivity (Wildman–Crippen MR) is 119 cm³/mol. The van der Waals surface area contributed by atoms with E-state index in [1.54, 1.807) is 6.20 Å². The highest BCUT2D eigenvalue weighted by molar-refractivity contribution is 5.90. The van der Waals surface area contributed by atoms with Crippen LogP contribution >= 0.6 is 0 Å². The molecule has 4 aromatic rings. The van der Waals surface area contributed by atoms with Gasteiger partial charge in [0, 0.05) is 36.0 Å². The second-order valence-corrected chi connectivity index (χ2v) is 7.37. The molecule has 0 saturated carbocycles. The molecule has 1 aliphatic rings. The molecule has 5 rings (SSSR count). The second-order valence-electron chi connectivity index (χ2n) is 7.37. The van der Waals surface area contributed by atoms with Crippen LogP contribution in [0.2, 0.25) is 0 Å². The van der Waals surface area contributed by atoms with Crippen LogP contribution in [0.25, 0.3) is 10.9 Å². The van der Waals surface area contributed by atoms with Crippen LogP contribution < -0.4 is 15.0 Å². The van der Waals surface area contributed by atoms with E-state index >= 15 is 0 Å². The van der Waals surface area contributed by atoms with Gasteiger partial charge in [-0.3, -0.25) is 10.3 Å². The number of benzene rings is 3. The van der Waals surface area contributed by atoms with E-state index in [1.807, 2.05) is 54.6 Å². The molecule has 5 nitrogen and oxygen atoms in total. The molecule has 1 amide bonds. The summed E-state index contributed by atoms with van der Waals surface area (Å²) in [5.41, 5.74) is 5.25. The Morgan fingerprint density at radius 1 is 1.00 bits per heavy atom. The van der Waals surface area contributed by atoms with Gasteiger partial charge in [0.1, 0.15) is 5.75 Å². The smallest absolute Gasteiger partial charge is 0.410 e. The van der Waals surface area contributed by atoms with Gasteiger partial charge in [-0.2, -0.15) is 0 Å². The molecule has 1 aliphatic heterocycles. The summed E-state index contributed by atoms with van der Waals surface area (Å²) in [6.45, 7) is 1.84. The number of carbonyl (C=O) groups is 1. The van der Waals surface area contributed by atoms with E-state index in [2.05, 4.69) is 39.5 Å². The van der Waals surface area contributed by atoms with E-state index in [1.165, 1.54) is 16.8 Å². The minimum atomic E-state index is -0.502. The van der Waals surface area contributed by atoms with Crippen molar-refractivity contribution < 1.29 is 9.53 Å². The topological polar surface area (TPSA) is 54.5 Å². The number of anilines is 2. The van der Waals surface area contributed by atoms with Gasteiger partial charge in [0.05, 0.1) is 5.52 Å². The highest BCUT2D eigenvalue weighted by Crippen LogP contribution is 2.32. The van der Waals surface area contributed by atoms with E-state index in [-0.39, 0.29) is 0 Å². The number of hydrogen-bond donors (Lipinski definition) is 1. The molecule has 1 aromatic heterocycles. The standard InChI is InChI=1S/C25H21N3O2/c29-25(27-21-8-10-23-19(15-21)7-4-13-26-23)30-22-9-11-24-20(16-22)12-14-28(24)17-18-5-2-1-3-6-18/h1-11,13,15-16H,12,14,17H2,(H,27,29). The number of nitrogens with zero attached hydrogens (tertiary/aromatic N) is 2. The van der Waals surface area contributed by atoms with Crippen molar-refractivity contribution in [1.82, 2.24) is 4.98 Å². The van der Waals surface area contributed by atoms with Crippen molar-refractivity contribution in [2.24, 2.45) is 0 Å². The minimum absolute atomic E-state index is 0.502. The van der Waals surface area contributed by atoms with Crippen LogP contribution in [-0.4, -0.2) is 17.6 Å². The highest BCUT2D eigenvalue weighted by atomic mass is 16.6. The first kappa shape index (κ1) is 18.2.